The quantitative estimate of drug-likeness (QED) is 0.627. The fourth-order valence-corrected chi connectivity index (χ4v) is 4.86. The zero-order valence-corrected chi connectivity index (χ0v) is 18.8. The predicted octanol–water partition coefficient (Wildman–Crippen LogP) is 3.71. The molecule has 0 radical (unpaired) electrons. The van der Waals surface area contributed by atoms with Crippen molar-refractivity contribution in [3.05, 3.63) is 90.0 Å². The Balaban J connectivity index is 1.41. The number of hydrogen-bond donors (Lipinski definition) is 1. The Kier molecular flexibility index (Phi) is 6.61. The number of carbonyl (C=O) groups is 1. The molecular formula is C25H24N4O3S. The molecule has 1 aliphatic rings. The number of amides is 1. The third-order valence-electron chi connectivity index (χ3n) is 5.58. The zero-order valence-electron chi connectivity index (χ0n) is 18.0. The van der Waals surface area contributed by atoms with Gasteiger partial charge in [-0.05, 0) is 67.1 Å². The molecule has 0 bridgehead atoms. The Hall–Kier alpha value is -3.83. The average Bonchev–Trinajstić information content (AvgIpc) is 3.10. The summed E-state index contributed by atoms with van der Waals surface area (Å²) in [4.78, 5) is 17.1. The van der Waals surface area contributed by atoms with E-state index < -0.39 is 10.0 Å². The molecule has 0 aliphatic carbocycles. The number of anilines is 2. The van der Waals surface area contributed by atoms with Crippen molar-refractivity contribution in [2.24, 2.45) is 0 Å². The second-order valence-electron chi connectivity index (χ2n) is 7.79. The van der Waals surface area contributed by atoms with Gasteiger partial charge in [0.05, 0.1) is 16.5 Å². The first kappa shape index (κ1) is 22.4. The van der Waals surface area contributed by atoms with Gasteiger partial charge in [0, 0.05) is 43.1 Å². The van der Waals surface area contributed by atoms with E-state index in [4.69, 9.17) is 5.26 Å². The van der Waals surface area contributed by atoms with Crippen LogP contribution in [0, 0.1) is 11.3 Å². The molecule has 3 aromatic carbocycles. The molecule has 168 valence electrons. The molecule has 0 saturated carbocycles. The largest absolute Gasteiger partial charge is 0.370 e. The van der Waals surface area contributed by atoms with Gasteiger partial charge >= 0.3 is 0 Å². The first-order chi connectivity index (χ1) is 16.0. The van der Waals surface area contributed by atoms with E-state index in [9.17, 15) is 13.2 Å². The standard InChI is InChI=1S/C25H24N4O3S/c26-19-20-7-11-23(12-8-20)28-15-4-16-29(18-17-28)25(30)21-9-13-24(14-10-21)33(31,32)27-22-5-2-1-3-6-22/h1-3,5-14,27H,4,15-18H2. The van der Waals surface area contributed by atoms with E-state index in [0.717, 1.165) is 18.7 Å². The molecule has 8 heteroatoms. The highest BCUT2D eigenvalue weighted by Crippen LogP contribution is 2.20. The van der Waals surface area contributed by atoms with Crippen LogP contribution in [0.1, 0.15) is 22.3 Å². The van der Waals surface area contributed by atoms with E-state index in [1.165, 1.54) is 12.1 Å². The average molecular weight is 461 g/mol. The number of nitrogens with zero attached hydrogens (tertiary/aromatic N) is 3. The number of para-hydroxylation sites is 1. The Bertz CT molecular complexity index is 1250. The summed E-state index contributed by atoms with van der Waals surface area (Å²) < 4.78 is 27.8. The summed E-state index contributed by atoms with van der Waals surface area (Å²) in [5.41, 5.74) is 2.59. The van der Waals surface area contributed by atoms with Crippen molar-refractivity contribution < 1.29 is 13.2 Å². The van der Waals surface area contributed by atoms with E-state index >= 15 is 0 Å². The number of carbonyl (C=O) groups excluding carboxylic acids is 1. The first-order valence-corrected chi connectivity index (χ1v) is 12.2. The molecule has 0 spiro atoms. The third-order valence-corrected chi connectivity index (χ3v) is 6.98. The monoisotopic (exact) mass is 460 g/mol. The van der Waals surface area contributed by atoms with Crippen LogP contribution in [0.3, 0.4) is 0 Å². The van der Waals surface area contributed by atoms with E-state index in [1.807, 2.05) is 18.2 Å². The van der Waals surface area contributed by atoms with Crippen molar-refractivity contribution in [1.82, 2.24) is 4.90 Å². The molecule has 1 fully saturated rings. The highest BCUT2D eigenvalue weighted by atomic mass is 32.2. The lowest BCUT2D eigenvalue weighted by Crippen LogP contribution is -2.35. The lowest BCUT2D eigenvalue weighted by Gasteiger charge is -2.24. The van der Waals surface area contributed by atoms with Gasteiger partial charge in [-0.3, -0.25) is 9.52 Å². The summed E-state index contributed by atoms with van der Waals surface area (Å²) in [6, 6.07) is 24.3. The molecule has 1 aliphatic heterocycles. The van der Waals surface area contributed by atoms with Crippen molar-refractivity contribution in [2.75, 3.05) is 35.8 Å². The maximum atomic E-state index is 13.0. The van der Waals surface area contributed by atoms with Crippen LogP contribution in [-0.4, -0.2) is 45.4 Å². The lowest BCUT2D eigenvalue weighted by molar-refractivity contribution is 0.0767. The molecule has 0 aromatic heterocycles. The Labute approximate surface area is 193 Å². The predicted molar refractivity (Wildman–Crippen MR) is 128 cm³/mol. The molecule has 1 amide bonds. The van der Waals surface area contributed by atoms with Crippen LogP contribution in [0.2, 0.25) is 0 Å². The second-order valence-corrected chi connectivity index (χ2v) is 9.47. The molecule has 0 unspecified atom stereocenters. The van der Waals surface area contributed by atoms with Gasteiger partial charge in [0.1, 0.15) is 0 Å². The van der Waals surface area contributed by atoms with Crippen LogP contribution >= 0.6 is 0 Å². The number of sulfonamides is 1. The smallest absolute Gasteiger partial charge is 0.261 e. The van der Waals surface area contributed by atoms with Crippen LogP contribution < -0.4 is 9.62 Å². The SMILES string of the molecule is N#Cc1ccc(N2CCCN(C(=O)c3ccc(S(=O)(=O)Nc4ccccc4)cc3)CC2)cc1. The summed E-state index contributed by atoms with van der Waals surface area (Å²) in [6.45, 7) is 2.69. The zero-order chi connectivity index (χ0) is 23.3. The topological polar surface area (TPSA) is 93.5 Å². The summed E-state index contributed by atoms with van der Waals surface area (Å²) in [5.74, 6) is -0.114. The molecule has 3 aromatic rings. The van der Waals surface area contributed by atoms with E-state index in [-0.39, 0.29) is 10.8 Å². The summed E-state index contributed by atoms with van der Waals surface area (Å²) >= 11 is 0. The van der Waals surface area contributed by atoms with Crippen LogP contribution in [0.15, 0.2) is 83.8 Å². The van der Waals surface area contributed by atoms with Gasteiger partial charge in [-0.2, -0.15) is 5.26 Å². The van der Waals surface area contributed by atoms with Gasteiger partial charge < -0.3 is 9.80 Å². The molecule has 4 rings (SSSR count). The minimum absolute atomic E-state index is 0.103. The highest BCUT2D eigenvalue weighted by molar-refractivity contribution is 7.92. The minimum atomic E-state index is -3.73. The first-order valence-electron chi connectivity index (χ1n) is 10.7. The molecule has 1 heterocycles. The minimum Gasteiger partial charge on any atom is -0.370 e. The van der Waals surface area contributed by atoms with Crippen molar-refractivity contribution in [3.63, 3.8) is 0 Å². The van der Waals surface area contributed by atoms with Gasteiger partial charge in [-0.1, -0.05) is 18.2 Å². The third kappa shape index (κ3) is 5.33. The second kappa shape index (κ2) is 9.76. The molecule has 7 nitrogen and oxygen atoms in total. The van der Waals surface area contributed by atoms with Gasteiger partial charge in [0.25, 0.3) is 15.9 Å². The van der Waals surface area contributed by atoms with Crippen molar-refractivity contribution in [3.8, 4) is 6.07 Å². The maximum Gasteiger partial charge on any atom is 0.261 e. The highest BCUT2D eigenvalue weighted by Gasteiger charge is 2.22. The van der Waals surface area contributed by atoms with Gasteiger partial charge in [0.2, 0.25) is 0 Å². The molecule has 1 saturated heterocycles. The normalized spacial score (nSPS) is 14.3. The van der Waals surface area contributed by atoms with Crippen LogP contribution in [0.4, 0.5) is 11.4 Å². The van der Waals surface area contributed by atoms with Crippen molar-refractivity contribution >= 4 is 27.3 Å². The number of hydrogen-bond acceptors (Lipinski definition) is 5. The van der Waals surface area contributed by atoms with Gasteiger partial charge in [-0.15, -0.1) is 0 Å². The number of benzene rings is 3. The van der Waals surface area contributed by atoms with Gasteiger partial charge in [0.15, 0.2) is 0 Å². The number of nitrogens with one attached hydrogen (secondary N) is 1. The van der Waals surface area contributed by atoms with E-state index in [0.29, 0.717) is 36.4 Å². The van der Waals surface area contributed by atoms with Gasteiger partial charge in [-0.25, -0.2) is 8.42 Å². The number of rotatable bonds is 5. The molecule has 1 N–H and O–H groups in total. The fourth-order valence-electron chi connectivity index (χ4n) is 3.81. The Morgan fingerprint density at radius 2 is 1.55 bits per heavy atom. The number of nitriles is 1. The Morgan fingerprint density at radius 1 is 0.848 bits per heavy atom. The summed E-state index contributed by atoms with van der Waals surface area (Å²) in [6.07, 6.45) is 0.819. The fraction of sp³-hybridized carbons (Fsp3) is 0.200. The lowest BCUT2D eigenvalue weighted by atomic mass is 10.2. The van der Waals surface area contributed by atoms with Crippen molar-refractivity contribution in [2.45, 2.75) is 11.3 Å². The van der Waals surface area contributed by atoms with E-state index in [2.05, 4.69) is 15.7 Å². The van der Waals surface area contributed by atoms with Crippen LogP contribution in [-0.2, 0) is 10.0 Å². The van der Waals surface area contributed by atoms with Crippen molar-refractivity contribution in [1.29, 1.82) is 5.26 Å². The molecular weight excluding hydrogens is 436 g/mol. The Morgan fingerprint density at radius 3 is 2.21 bits per heavy atom. The summed E-state index contributed by atoms with van der Waals surface area (Å²) in [7, 11) is -3.73. The van der Waals surface area contributed by atoms with E-state index in [1.54, 1.807) is 53.4 Å². The molecule has 0 atom stereocenters. The van der Waals surface area contributed by atoms with Crippen LogP contribution in [0.5, 0.6) is 0 Å². The molecule has 33 heavy (non-hydrogen) atoms. The van der Waals surface area contributed by atoms with Crippen LogP contribution in [0.25, 0.3) is 0 Å². The maximum absolute atomic E-state index is 13.0. The summed E-state index contributed by atoms with van der Waals surface area (Å²) in [5, 5.41) is 8.97.